The Morgan fingerprint density at radius 3 is 2.39 bits per heavy atom. The van der Waals surface area contributed by atoms with Crippen molar-refractivity contribution in [2.45, 2.75) is 24.3 Å². The highest BCUT2D eigenvalue weighted by Gasteiger charge is 2.36. The molecule has 0 spiro atoms. The summed E-state index contributed by atoms with van der Waals surface area (Å²) in [6, 6.07) is 25.8. The van der Waals surface area contributed by atoms with Crippen LogP contribution in [-0.4, -0.2) is 20.4 Å². The van der Waals surface area contributed by atoms with Crippen molar-refractivity contribution in [3.8, 4) is 11.5 Å². The van der Waals surface area contributed by atoms with Gasteiger partial charge in [0.1, 0.15) is 11.6 Å². The second-order valence-corrected chi connectivity index (χ2v) is 10.3. The summed E-state index contributed by atoms with van der Waals surface area (Å²) in [4.78, 5) is 13.1. The van der Waals surface area contributed by atoms with Gasteiger partial charge in [0.15, 0.2) is 5.75 Å². The van der Waals surface area contributed by atoms with Crippen LogP contribution in [0.1, 0.15) is 22.8 Å². The van der Waals surface area contributed by atoms with Crippen molar-refractivity contribution < 1.29 is 22.3 Å². The summed E-state index contributed by atoms with van der Waals surface area (Å²) in [6.45, 7) is 1.80. The second kappa shape index (κ2) is 9.47. The van der Waals surface area contributed by atoms with Crippen molar-refractivity contribution in [1.29, 1.82) is 0 Å². The molecule has 5 rings (SSSR count). The molecule has 4 aromatic rings. The SMILES string of the molecule is C[C@@H]1Cc2cc(C(=O)Nc3ccccc3Oc3ccccc3)ccc2N1S(=O)(=O)c1ccc(F)cc1. The number of hydrogen-bond donors (Lipinski definition) is 1. The van der Waals surface area contributed by atoms with E-state index in [1.54, 1.807) is 43.3 Å². The fraction of sp³-hybridized carbons (Fsp3) is 0.107. The van der Waals surface area contributed by atoms with Gasteiger partial charge in [-0.3, -0.25) is 9.10 Å². The zero-order chi connectivity index (χ0) is 25.3. The maximum atomic E-state index is 13.3. The highest BCUT2D eigenvalue weighted by molar-refractivity contribution is 7.92. The molecule has 182 valence electrons. The number of sulfonamides is 1. The topological polar surface area (TPSA) is 75.7 Å². The molecule has 0 saturated carbocycles. The number of para-hydroxylation sites is 3. The molecule has 0 bridgehead atoms. The van der Waals surface area contributed by atoms with Gasteiger partial charge in [-0.25, -0.2) is 12.8 Å². The van der Waals surface area contributed by atoms with Gasteiger partial charge in [0.25, 0.3) is 15.9 Å². The summed E-state index contributed by atoms with van der Waals surface area (Å²) in [7, 11) is -3.89. The van der Waals surface area contributed by atoms with E-state index in [2.05, 4.69) is 5.32 Å². The molecule has 0 aliphatic carbocycles. The van der Waals surface area contributed by atoms with E-state index in [-0.39, 0.29) is 16.8 Å². The lowest BCUT2D eigenvalue weighted by Gasteiger charge is -2.24. The Labute approximate surface area is 209 Å². The van der Waals surface area contributed by atoms with Gasteiger partial charge in [-0.05, 0) is 85.6 Å². The van der Waals surface area contributed by atoms with E-state index in [1.165, 1.54) is 16.4 Å². The predicted octanol–water partition coefficient (Wildman–Crippen LogP) is 6.01. The Morgan fingerprint density at radius 2 is 1.64 bits per heavy atom. The first-order valence-corrected chi connectivity index (χ1v) is 12.8. The molecule has 6 nitrogen and oxygen atoms in total. The van der Waals surface area contributed by atoms with Crippen LogP contribution in [0, 0.1) is 5.82 Å². The third-order valence-electron chi connectivity index (χ3n) is 5.97. The zero-order valence-corrected chi connectivity index (χ0v) is 20.2. The Kier molecular flexibility index (Phi) is 6.20. The van der Waals surface area contributed by atoms with Crippen molar-refractivity contribution in [3.63, 3.8) is 0 Å². The summed E-state index contributed by atoms with van der Waals surface area (Å²) in [5.74, 6) is 0.307. The molecule has 0 unspecified atom stereocenters. The van der Waals surface area contributed by atoms with Crippen LogP contribution in [0.3, 0.4) is 0 Å². The van der Waals surface area contributed by atoms with Crippen LogP contribution < -0.4 is 14.4 Å². The molecule has 1 aliphatic heterocycles. The van der Waals surface area contributed by atoms with Gasteiger partial charge in [-0.2, -0.15) is 0 Å². The molecule has 8 heteroatoms. The molecule has 1 N–H and O–H groups in total. The van der Waals surface area contributed by atoms with E-state index in [9.17, 15) is 17.6 Å². The maximum absolute atomic E-state index is 13.3. The average Bonchev–Trinajstić information content (AvgIpc) is 3.21. The molecular formula is C28H23FN2O4S. The molecule has 1 amide bonds. The van der Waals surface area contributed by atoms with Crippen LogP contribution >= 0.6 is 0 Å². The first kappa shape index (κ1) is 23.6. The lowest BCUT2D eigenvalue weighted by atomic mass is 10.1. The number of carbonyl (C=O) groups excluding carboxylic acids is 1. The Hall–Kier alpha value is -4.17. The van der Waals surface area contributed by atoms with Crippen molar-refractivity contribution in [2.24, 2.45) is 0 Å². The van der Waals surface area contributed by atoms with E-state index in [0.29, 0.717) is 34.9 Å². The van der Waals surface area contributed by atoms with E-state index in [4.69, 9.17) is 4.74 Å². The van der Waals surface area contributed by atoms with Gasteiger partial charge in [0.2, 0.25) is 0 Å². The quantitative estimate of drug-likeness (QED) is 0.350. The molecule has 1 heterocycles. The Balaban J connectivity index is 1.39. The van der Waals surface area contributed by atoms with Crippen molar-refractivity contribution in [3.05, 3.63) is 114 Å². The smallest absolute Gasteiger partial charge is 0.264 e. The second-order valence-electron chi connectivity index (χ2n) is 8.52. The number of halogens is 1. The largest absolute Gasteiger partial charge is 0.455 e. The molecule has 1 aliphatic rings. The predicted molar refractivity (Wildman–Crippen MR) is 137 cm³/mol. The molecular weight excluding hydrogens is 479 g/mol. The third kappa shape index (κ3) is 4.55. The molecule has 0 radical (unpaired) electrons. The Morgan fingerprint density at radius 1 is 0.944 bits per heavy atom. The number of nitrogens with zero attached hydrogens (tertiary/aromatic N) is 1. The summed E-state index contributed by atoms with van der Waals surface area (Å²) in [5.41, 5.74) is 2.17. The van der Waals surface area contributed by atoms with Gasteiger partial charge >= 0.3 is 0 Å². The summed E-state index contributed by atoms with van der Waals surface area (Å²) in [6.07, 6.45) is 0.449. The fourth-order valence-electron chi connectivity index (χ4n) is 4.30. The van der Waals surface area contributed by atoms with Crippen molar-refractivity contribution >= 4 is 27.3 Å². The molecule has 0 saturated heterocycles. The number of nitrogens with one attached hydrogen (secondary N) is 1. The number of carbonyl (C=O) groups is 1. The van der Waals surface area contributed by atoms with Crippen LogP contribution in [0.2, 0.25) is 0 Å². The average molecular weight is 503 g/mol. The minimum Gasteiger partial charge on any atom is -0.455 e. The first-order chi connectivity index (χ1) is 17.3. The van der Waals surface area contributed by atoms with Gasteiger partial charge in [-0.15, -0.1) is 0 Å². The van der Waals surface area contributed by atoms with Gasteiger partial charge in [0.05, 0.1) is 16.3 Å². The molecule has 4 aromatic carbocycles. The number of amides is 1. The van der Waals surface area contributed by atoms with Crippen LogP contribution in [0.5, 0.6) is 11.5 Å². The Bertz CT molecular complexity index is 1520. The third-order valence-corrected chi connectivity index (χ3v) is 7.91. The van der Waals surface area contributed by atoms with E-state index < -0.39 is 15.8 Å². The van der Waals surface area contributed by atoms with E-state index in [0.717, 1.165) is 17.7 Å². The van der Waals surface area contributed by atoms with Gasteiger partial charge < -0.3 is 10.1 Å². The number of anilines is 2. The van der Waals surface area contributed by atoms with Gasteiger partial charge in [0, 0.05) is 11.6 Å². The minimum absolute atomic E-state index is 0.0143. The van der Waals surface area contributed by atoms with Crippen LogP contribution in [0.4, 0.5) is 15.8 Å². The number of rotatable bonds is 6. The zero-order valence-electron chi connectivity index (χ0n) is 19.4. The maximum Gasteiger partial charge on any atom is 0.264 e. The molecule has 1 atom stereocenters. The highest BCUT2D eigenvalue weighted by atomic mass is 32.2. The normalized spacial score (nSPS) is 14.8. The van der Waals surface area contributed by atoms with Crippen LogP contribution in [0.15, 0.2) is 102 Å². The van der Waals surface area contributed by atoms with Crippen molar-refractivity contribution in [2.75, 3.05) is 9.62 Å². The number of ether oxygens (including phenoxy) is 1. The first-order valence-electron chi connectivity index (χ1n) is 11.4. The minimum atomic E-state index is -3.89. The van der Waals surface area contributed by atoms with Crippen LogP contribution in [-0.2, 0) is 16.4 Å². The summed E-state index contributed by atoms with van der Waals surface area (Å²) in [5, 5.41) is 2.89. The number of hydrogen-bond acceptors (Lipinski definition) is 4. The molecule has 0 fully saturated rings. The van der Waals surface area contributed by atoms with Crippen LogP contribution in [0.25, 0.3) is 0 Å². The lowest BCUT2D eigenvalue weighted by Crippen LogP contribution is -2.35. The van der Waals surface area contributed by atoms with E-state index >= 15 is 0 Å². The highest BCUT2D eigenvalue weighted by Crippen LogP contribution is 2.37. The molecule has 36 heavy (non-hydrogen) atoms. The summed E-state index contributed by atoms with van der Waals surface area (Å²) >= 11 is 0. The summed E-state index contributed by atoms with van der Waals surface area (Å²) < 4.78 is 47.1. The lowest BCUT2D eigenvalue weighted by molar-refractivity contribution is 0.102. The van der Waals surface area contributed by atoms with Gasteiger partial charge in [-0.1, -0.05) is 30.3 Å². The number of fused-ring (bicyclic) bond motifs is 1. The monoisotopic (exact) mass is 502 g/mol. The van der Waals surface area contributed by atoms with E-state index in [1.807, 2.05) is 36.4 Å². The fourth-order valence-corrected chi connectivity index (χ4v) is 5.99. The standard InChI is InChI=1S/C28H23FN2O4S/c1-19-17-21-18-20(11-16-26(21)31(19)36(33,34)24-14-12-22(29)13-15-24)28(32)30-25-9-5-6-10-27(25)35-23-7-3-2-4-8-23/h2-16,18-19H,17H2,1H3,(H,30,32)/t19-/m1/s1. The number of benzene rings is 4. The van der Waals surface area contributed by atoms with Crippen molar-refractivity contribution in [1.82, 2.24) is 0 Å². The molecule has 0 aromatic heterocycles.